The molecule has 0 bridgehead atoms. The Bertz CT molecular complexity index is 656. The highest BCUT2D eigenvalue weighted by Gasteiger charge is 2.22. The fourth-order valence-corrected chi connectivity index (χ4v) is 3.76. The number of likely N-dealkylation sites (tertiary alicyclic amines) is 2. The Hall–Kier alpha value is -1.96. The minimum absolute atomic E-state index is 0.0106. The first-order valence-corrected chi connectivity index (χ1v) is 10.1. The number of anilines is 1. The van der Waals surface area contributed by atoms with E-state index in [4.69, 9.17) is 9.47 Å². The van der Waals surface area contributed by atoms with Crippen molar-refractivity contribution in [2.45, 2.75) is 37.9 Å². The molecule has 0 aliphatic carbocycles. The summed E-state index contributed by atoms with van der Waals surface area (Å²) in [4.78, 5) is 29.0. The van der Waals surface area contributed by atoms with Crippen LogP contribution in [-0.2, 0) is 14.3 Å². The van der Waals surface area contributed by atoms with Crippen molar-refractivity contribution >= 4 is 17.6 Å². The number of esters is 1. The molecule has 0 radical (unpaired) electrons. The van der Waals surface area contributed by atoms with E-state index in [1.165, 1.54) is 0 Å². The number of rotatable bonds is 6. The SMILES string of the molecule is CO[C@@H]1CCCN(CC(=O)Nc2ccc(C(=O)OC3CCN(C)CC3)cc2)C1. The van der Waals surface area contributed by atoms with Crippen molar-refractivity contribution < 1.29 is 19.1 Å². The van der Waals surface area contributed by atoms with E-state index in [9.17, 15) is 9.59 Å². The van der Waals surface area contributed by atoms with Gasteiger partial charge in [-0.25, -0.2) is 4.79 Å². The first-order valence-electron chi connectivity index (χ1n) is 10.1. The fourth-order valence-electron chi connectivity index (χ4n) is 3.76. The molecule has 2 saturated heterocycles. The Morgan fingerprint density at radius 3 is 2.46 bits per heavy atom. The number of carbonyl (C=O) groups excluding carboxylic acids is 2. The van der Waals surface area contributed by atoms with Crippen molar-refractivity contribution in [3.8, 4) is 0 Å². The Kier molecular flexibility index (Phi) is 7.42. The molecule has 1 aromatic carbocycles. The van der Waals surface area contributed by atoms with E-state index in [2.05, 4.69) is 22.2 Å². The van der Waals surface area contributed by atoms with Gasteiger partial charge in [0.1, 0.15) is 6.10 Å². The summed E-state index contributed by atoms with van der Waals surface area (Å²) in [6, 6.07) is 6.90. The third-order valence-corrected chi connectivity index (χ3v) is 5.51. The minimum Gasteiger partial charge on any atom is -0.459 e. The summed E-state index contributed by atoms with van der Waals surface area (Å²) in [5.41, 5.74) is 1.19. The van der Waals surface area contributed by atoms with Crippen LogP contribution in [0.15, 0.2) is 24.3 Å². The molecule has 1 N–H and O–H groups in total. The van der Waals surface area contributed by atoms with Crippen LogP contribution in [0.5, 0.6) is 0 Å². The van der Waals surface area contributed by atoms with Gasteiger partial charge in [-0.1, -0.05) is 0 Å². The zero-order chi connectivity index (χ0) is 19.9. The van der Waals surface area contributed by atoms with E-state index in [1.807, 2.05) is 0 Å². The van der Waals surface area contributed by atoms with E-state index < -0.39 is 0 Å². The topological polar surface area (TPSA) is 71.1 Å². The zero-order valence-corrected chi connectivity index (χ0v) is 16.9. The van der Waals surface area contributed by atoms with Crippen LogP contribution in [0.2, 0.25) is 0 Å². The van der Waals surface area contributed by atoms with Crippen LogP contribution >= 0.6 is 0 Å². The fraction of sp³-hybridized carbons (Fsp3) is 0.619. The minimum atomic E-state index is -0.300. The van der Waals surface area contributed by atoms with Gasteiger partial charge in [-0.3, -0.25) is 9.69 Å². The third-order valence-electron chi connectivity index (χ3n) is 5.51. The predicted molar refractivity (Wildman–Crippen MR) is 107 cm³/mol. The van der Waals surface area contributed by atoms with Crippen molar-refractivity contribution in [1.82, 2.24) is 9.80 Å². The number of ether oxygens (including phenoxy) is 2. The Labute approximate surface area is 167 Å². The number of carbonyl (C=O) groups is 2. The predicted octanol–water partition coefficient (Wildman–Crippen LogP) is 1.99. The monoisotopic (exact) mass is 389 g/mol. The lowest BCUT2D eigenvalue weighted by Gasteiger charge is -2.31. The first kappa shape index (κ1) is 20.8. The molecule has 2 aliphatic heterocycles. The molecule has 7 nitrogen and oxygen atoms in total. The molecule has 1 atom stereocenters. The van der Waals surface area contributed by atoms with Gasteiger partial charge in [0.05, 0.1) is 18.2 Å². The molecule has 1 aromatic rings. The summed E-state index contributed by atoms with van der Waals surface area (Å²) in [5, 5.41) is 2.90. The average molecular weight is 389 g/mol. The maximum absolute atomic E-state index is 12.3. The van der Waals surface area contributed by atoms with Crippen LogP contribution in [0.3, 0.4) is 0 Å². The number of methoxy groups -OCH3 is 1. The quantitative estimate of drug-likeness (QED) is 0.751. The summed E-state index contributed by atoms with van der Waals surface area (Å²) in [6.45, 7) is 3.94. The zero-order valence-electron chi connectivity index (χ0n) is 16.9. The number of amides is 1. The summed E-state index contributed by atoms with van der Waals surface area (Å²) in [5.74, 6) is -0.357. The van der Waals surface area contributed by atoms with Gasteiger partial charge < -0.3 is 19.7 Å². The second kappa shape index (κ2) is 10.0. The average Bonchev–Trinajstić information content (AvgIpc) is 2.70. The van der Waals surface area contributed by atoms with Gasteiger partial charge in [0.15, 0.2) is 0 Å². The maximum Gasteiger partial charge on any atom is 0.338 e. The number of benzene rings is 1. The lowest BCUT2D eigenvalue weighted by Crippen LogP contribution is -2.43. The molecule has 0 spiro atoms. The summed E-state index contributed by atoms with van der Waals surface area (Å²) < 4.78 is 11.0. The summed E-state index contributed by atoms with van der Waals surface area (Å²) >= 11 is 0. The number of hydrogen-bond donors (Lipinski definition) is 1. The van der Waals surface area contributed by atoms with Crippen molar-refractivity contribution in [2.24, 2.45) is 0 Å². The second-order valence-electron chi connectivity index (χ2n) is 7.77. The molecular formula is C21H31N3O4. The molecule has 3 rings (SSSR count). The largest absolute Gasteiger partial charge is 0.459 e. The van der Waals surface area contributed by atoms with E-state index in [1.54, 1.807) is 31.4 Å². The Balaban J connectivity index is 1.45. The Morgan fingerprint density at radius 2 is 1.79 bits per heavy atom. The summed E-state index contributed by atoms with van der Waals surface area (Å²) in [7, 11) is 3.79. The van der Waals surface area contributed by atoms with Crippen LogP contribution in [0.25, 0.3) is 0 Å². The standard InChI is InChI=1S/C21H31N3O4/c1-23-12-9-18(10-13-23)28-21(26)16-5-7-17(8-6-16)22-20(25)15-24-11-3-4-19(14-24)27-2/h5-8,18-19H,3-4,9-15H2,1-2H3,(H,22,25)/t19-/m1/s1. The van der Waals surface area contributed by atoms with E-state index >= 15 is 0 Å². The molecule has 28 heavy (non-hydrogen) atoms. The number of piperidine rings is 2. The van der Waals surface area contributed by atoms with Gasteiger partial charge in [-0.2, -0.15) is 0 Å². The van der Waals surface area contributed by atoms with Crippen LogP contribution in [-0.4, -0.2) is 80.8 Å². The van der Waals surface area contributed by atoms with Crippen LogP contribution in [0.1, 0.15) is 36.0 Å². The van der Waals surface area contributed by atoms with Gasteiger partial charge in [-0.05, 0) is 63.5 Å². The number of nitrogens with zero attached hydrogens (tertiary/aromatic N) is 2. The molecule has 0 aromatic heterocycles. The molecule has 0 saturated carbocycles. The van der Waals surface area contributed by atoms with E-state index in [0.29, 0.717) is 17.8 Å². The molecule has 2 aliphatic rings. The highest BCUT2D eigenvalue weighted by molar-refractivity contribution is 5.94. The highest BCUT2D eigenvalue weighted by atomic mass is 16.5. The van der Waals surface area contributed by atoms with Crippen LogP contribution < -0.4 is 5.32 Å². The third kappa shape index (κ3) is 6.02. The van der Waals surface area contributed by atoms with Gasteiger partial charge in [0.25, 0.3) is 0 Å². The van der Waals surface area contributed by atoms with Crippen LogP contribution in [0, 0.1) is 0 Å². The lowest BCUT2D eigenvalue weighted by molar-refractivity contribution is -0.118. The van der Waals surface area contributed by atoms with Crippen molar-refractivity contribution in [3.63, 3.8) is 0 Å². The lowest BCUT2D eigenvalue weighted by atomic mass is 10.1. The van der Waals surface area contributed by atoms with Crippen molar-refractivity contribution in [2.75, 3.05) is 52.2 Å². The highest BCUT2D eigenvalue weighted by Crippen LogP contribution is 2.17. The van der Waals surface area contributed by atoms with E-state index in [0.717, 1.165) is 51.9 Å². The van der Waals surface area contributed by atoms with E-state index in [-0.39, 0.29) is 24.1 Å². The first-order chi connectivity index (χ1) is 13.5. The van der Waals surface area contributed by atoms with Gasteiger partial charge >= 0.3 is 5.97 Å². The smallest absolute Gasteiger partial charge is 0.338 e. The van der Waals surface area contributed by atoms with Gasteiger partial charge in [-0.15, -0.1) is 0 Å². The second-order valence-corrected chi connectivity index (χ2v) is 7.77. The number of nitrogens with one attached hydrogen (secondary N) is 1. The molecule has 0 unspecified atom stereocenters. The van der Waals surface area contributed by atoms with Gasteiger partial charge in [0, 0.05) is 32.4 Å². The molecular weight excluding hydrogens is 358 g/mol. The molecule has 2 fully saturated rings. The maximum atomic E-state index is 12.3. The molecule has 2 heterocycles. The normalized spacial score (nSPS) is 22.0. The van der Waals surface area contributed by atoms with Gasteiger partial charge in [0.2, 0.25) is 5.91 Å². The van der Waals surface area contributed by atoms with Crippen LogP contribution in [0.4, 0.5) is 5.69 Å². The Morgan fingerprint density at radius 1 is 1.07 bits per heavy atom. The molecule has 7 heteroatoms. The summed E-state index contributed by atoms with van der Waals surface area (Å²) in [6.07, 6.45) is 4.02. The van der Waals surface area contributed by atoms with Crippen molar-refractivity contribution in [3.05, 3.63) is 29.8 Å². The molecule has 1 amide bonds. The van der Waals surface area contributed by atoms with Crippen molar-refractivity contribution in [1.29, 1.82) is 0 Å². The molecule has 154 valence electrons. The number of hydrogen-bond acceptors (Lipinski definition) is 6.